The Kier molecular flexibility index (Phi) is 1.91. The highest BCUT2D eigenvalue weighted by molar-refractivity contribution is 5.72. The monoisotopic (exact) mass is 197 g/mol. The number of ether oxygens (including phenoxy) is 1. The molecule has 2 heteroatoms. The van der Waals surface area contributed by atoms with Gasteiger partial charge in [0.15, 0.2) is 0 Å². The quantitative estimate of drug-likeness (QED) is 0.701. The van der Waals surface area contributed by atoms with Crippen LogP contribution >= 0.6 is 0 Å². The van der Waals surface area contributed by atoms with Gasteiger partial charge in [0.05, 0.1) is 6.61 Å². The maximum absolute atomic E-state index is 5.66. The summed E-state index contributed by atoms with van der Waals surface area (Å²) in [7, 11) is 0. The van der Waals surface area contributed by atoms with Gasteiger partial charge in [-0.1, -0.05) is 18.2 Å². The van der Waals surface area contributed by atoms with Crippen molar-refractivity contribution in [1.29, 1.82) is 0 Å². The van der Waals surface area contributed by atoms with Crippen LogP contribution in [0, 0.1) is 0 Å². The summed E-state index contributed by atoms with van der Waals surface area (Å²) in [6.45, 7) is 0.803. The molecule has 0 spiro atoms. The van der Waals surface area contributed by atoms with Gasteiger partial charge in [0.2, 0.25) is 0 Å². The molecule has 0 amide bonds. The Morgan fingerprint density at radius 2 is 1.93 bits per heavy atom. The van der Waals surface area contributed by atoms with Gasteiger partial charge in [-0.2, -0.15) is 0 Å². The van der Waals surface area contributed by atoms with Crippen molar-refractivity contribution < 1.29 is 4.74 Å². The van der Waals surface area contributed by atoms with Crippen molar-refractivity contribution in [1.82, 2.24) is 4.98 Å². The van der Waals surface area contributed by atoms with Crippen LogP contribution in [0.15, 0.2) is 42.7 Å². The first-order valence-electron chi connectivity index (χ1n) is 5.10. The number of hydrogen-bond donors (Lipinski definition) is 0. The van der Waals surface area contributed by atoms with Gasteiger partial charge in [-0.05, 0) is 23.3 Å². The van der Waals surface area contributed by atoms with Gasteiger partial charge in [0.25, 0.3) is 0 Å². The maximum atomic E-state index is 5.66. The van der Waals surface area contributed by atoms with Crippen molar-refractivity contribution in [2.45, 2.75) is 6.42 Å². The highest BCUT2D eigenvalue weighted by atomic mass is 16.5. The van der Waals surface area contributed by atoms with Crippen LogP contribution in [0.25, 0.3) is 11.1 Å². The van der Waals surface area contributed by atoms with Crippen LogP contribution in [0.4, 0.5) is 0 Å². The number of para-hydroxylation sites is 1. The Morgan fingerprint density at radius 1 is 1.07 bits per heavy atom. The largest absolute Gasteiger partial charge is 0.492 e. The van der Waals surface area contributed by atoms with Crippen molar-refractivity contribution in [2.75, 3.05) is 6.61 Å². The number of nitrogens with zero attached hydrogens (tertiary/aromatic N) is 1. The zero-order valence-corrected chi connectivity index (χ0v) is 8.31. The summed E-state index contributed by atoms with van der Waals surface area (Å²) in [6, 6.07) is 10.3. The van der Waals surface area contributed by atoms with Crippen molar-refractivity contribution in [3.05, 3.63) is 48.3 Å². The fraction of sp³-hybridized carbons (Fsp3) is 0.154. The Bertz CT molecular complexity index is 479. The average molecular weight is 197 g/mol. The molecular weight excluding hydrogens is 186 g/mol. The lowest BCUT2D eigenvalue weighted by Gasteiger charge is -2.07. The Balaban J connectivity index is 2.17. The molecule has 74 valence electrons. The Morgan fingerprint density at radius 3 is 2.80 bits per heavy atom. The number of aromatic nitrogens is 1. The van der Waals surface area contributed by atoms with Gasteiger partial charge >= 0.3 is 0 Å². The lowest BCUT2D eigenvalue weighted by molar-refractivity contribution is 0.358. The lowest BCUT2D eigenvalue weighted by atomic mass is 10.0. The van der Waals surface area contributed by atoms with E-state index < -0.39 is 0 Å². The number of fused-ring (bicyclic) bond motifs is 1. The molecule has 1 aromatic carbocycles. The molecule has 0 saturated carbocycles. The Hall–Kier alpha value is -1.83. The van der Waals surface area contributed by atoms with E-state index >= 15 is 0 Å². The third-order valence-electron chi connectivity index (χ3n) is 2.71. The molecule has 0 fully saturated rings. The van der Waals surface area contributed by atoms with E-state index in [2.05, 4.69) is 23.2 Å². The van der Waals surface area contributed by atoms with Gasteiger partial charge in [0.1, 0.15) is 5.75 Å². The standard InChI is InChI=1S/C13H11NO/c1-2-11-6-9-15-13(11)12(3-1)10-4-7-14-8-5-10/h1-5,7-8H,6,9H2. The molecule has 1 aliphatic rings. The SMILES string of the molecule is c1cc2c(c(-c3ccncc3)c1)OCC2. The predicted molar refractivity (Wildman–Crippen MR) is 58.9 cm³/mol. The molecule has 0 bridgehead atoms. The minimum atomic E-state index is 0.803. The van der Waals surface area contributed by atoms with Gasteiger partial charge < -0.3 is 4.74 Å². The van der Waals surface area contributed by atoms with E-state index in [-0.39, 0.29) is 0 Å². The van der Waals surface area contributed by atoms with Crippen molar-refractivity contribution in [3.8, 4) is 16.9 Å². The number of pyridine rings is 1. The first-order chi connectivity index (χ1) is 7.45. The van der Waals surface area contributed by atoms with E-state index in [4.69, 9.17) is 4.74 Å². The number of rotatable bonds is 1. The second-order valence-corrected chi connectivity index (χ2v) is 3.63. The molecular formula is C13H11NO. The second kappa shape index (κ2) is 3.39. The van der Waals surface area contributed by atoms with E-state index in [0.717, 1.165) is 18.8 Å². The lowest BCUT2D eigenvalue weighted by Crippen LogP contribution is -1.88. The van der Waals surface area contributed by atoms with Gasteiger partial charge in [0, 0.05) is 24.4 Å². The fourth-order valence-corrected chi connectivity index (χ4v) is 1.97. The summed E-state index contributed by atoms with van der Waals surface area (Å²) in [4.78, 5) is 4.02. The molecule has 2 nitrogen and oxygen atoms in total. The molecule has 0 unspecified atom stereocenters. The summed E-state index contributed by atoms with van der Waals surface area (Å²) < 4.78 is 5.66. The normalized spacial score (nSPS) is 13.3. The highest BCUT2D eigenvalue weighted by Gasteiger charge is 2.16. The van der Waals surface area contributed by atoms with E-state index in [1.54, 1.807) is 0 Å². The highest BCUT2D eigenvalue weighted by Crippen LogP contribution is 2.36. The summed E-state index contributed by atoms with van der Waals surface area (Å²) in [5.74, 6) is 1.05. The van der Waals surface area contributed by atoms with Gasteiger partial charge in [-0.3, -0.25) is 4.98 Å². The number of hydrogen-bond acceptors (Lipinski definition) is 2. The summed E-state index contributed by atoms with van der Waals surface area (Å²) in [5.41, 5.74) is 3.65. The maximum Gasteiger partial charge on any atom is 0.130 e. The van der Waals surface area contributed by atoms with Crippen LogP contribution in [0.2, 0.25) is 0 Å². The third kappa shape index (κ3) is 1.38. The van der Waals surface area contributed by atoms with Crippen LogP contribution < -0.4 is 4.74 Å². The average Bonchev–Trinajstić information content (AvgIpc) is 2.78. The topological polar surface area (TPSA) is 22.1 Å². The van der Waals surface area contributed by atoms with Crippen molar-refractivity contribution in [2.24, 2.45) is 0 Å². The minimum absolute atomic E-state index is 0.803. The first-order valence-corrected chi connectivity index (χ1v) is 5.10. The third-order valence-corrected chi connectivity index (χ3v) is 2.71. The summed E-state index contributed by atoms with van der Waals surface area (Å²) in [6.07, 6.45) is 4.64. The zero-order valence-electron chi connectivity index (χ0n) is 8.31. The molecule has 0 saturated heterocycles. The number of benzene rings is 1. The fourth-order valence-electron chi connectivity index (χ4n) is 1.97. The molecule has 2 aromatic rings. The van der Waals surface area contributed by atoms with E-state index in [1.807, 2.05) is 24.5 Å². The first kappa shape index (κ1) is 8.48. The molecule has 1 aromatic heterocycles. The van der Waals surface area contributed by atoms with Crippen molar-refractivity contribution in [3.63, 3.8) is 0 Å². The van der Waals surface area contributed by atoms with E-state index in [0.29, 0.717) is 0 Å². The molecule has 3 rings (SSSR count). The van der Waals surface area contributed by atoms with Crippen LogP contribution in [0.1, 0.15) is 5.56 Å². The molecule has 0 radical (unpaired) electrons. The summed E-state index contributed by atoms with van der Waals surface area (Å²) in [5, 5.41) is 0. The van der Waals surface area contributed by atoms with Crippen LogP contribution in [-0.4, -0.2) is 11.6 Å². The molecule has 0 N–H and O–H groups in total. The summed E-state index contributed by atoms with van der Waals surface area (Å²) >= 11 is 0. The van der Waals surface area contributed by atoms with Crippen LogP contribution in [0.3, 0.4) is 0 Å². The molecule has 15 heavy (non-hydrogen) atoms. The van der Waals surface area contributed by atoms with Crippen LogP contribution in [0.5, 0.6) is 5.75 Å². The van der Waals surface area contributed by atoms with Crippen LogP contribution in [-0.2, 0) is 6.42 Å². The molecule has 0 atom stereocenters. The van der Waals surface area contributed by atoms with Gasteiger partial charge in [-0.25, -0.2) is 0 Å². The Labute approximate surface area is 88.5 Å². The predicted octanol–water partition coefficient (Wildman–Crippen LogP) is 2.68. The smallest absolute Gasteiger partial charge is 0.130 e. The zero-order chi connectivity index (χ0) is 10.1. The molecule has 1 aliphatic heterocycles. The molecule has 2 heterocycles. The van der Waals surface area contributed by atoms with Gasteiger partial charge in [-0.15, -0.1) is 0 Å². The van der Waals surface area contributed by atoms with E-state index in [1.165, 1.54) is 16.7 Å². The second-order valence-electron chi connectivity index (χ2n) is 3.63. The molecule has 0 aliphatic carbocycles. The minimum Gasteiger partial charge on any atom is -0.492 e. The van der Waals surface area contributed by atoms with E-state index in [9.17, 15) is 0 Å². The van der Waals surface area contributed by atoms with Crippen molar-refractivity contribution >= 4 is 0 Å².